The molecule has 4 rings (SSSR count). The van der Waals surface area contributed by atoms with E-state index in [9.17, 15) is 14.4 Å². The molecule has 2 heterocycles. The predicted molar refractivity (Wildman–Crippen MR) is 111 cm³/mol. The van der Waals surface area contributed by atoms with E-state index in [4.69, 9.17) is 4.74 Å². The molecule has 1 aliphatic carbocycles. The van der Waals surface area contributed by atoms with E-state index in [2.05, 4.69) is 10.4 Å². The van der Waals surface area contributed by atoms with Crippen molar-refractivity contribution in [3.63, 3.8) is 0 Å². The average Bonchev–Trinajstić information content (AvgIpc) is 3.29. The summed E-state index contributed by atoms with van der Waals surface area (Å²) in [5, 5.41) is 7.24. The highest BCUT2D eigenvalue weighted by atomic mass is 16.5. The molecule has 2 aliphatic rings. The largest absolute Gasteiger partial charge is 0.455 e. The number of nitrogens with one attached hydrogen (secondary N) is 1. The number of aryl methyl sites for hydroxylation is 2. The van der Waals surface area contributed by atoms with Crippen molar-refractivity contribution >= 4 is 29.2 Å². The van der Waals surface area contributed by atoms with Crippen LogP contribution >= 0.6 is 0 Å². The Morgan fingerprint density at radius 3 is 2.57 bits per heavy atom. The van der Waals surface area contributed by atoms with Crippen molar-refractivity contribution in [1.82, 2.24) is 9.78 Å². The van der Waals surface area contributed by atoms with Gasteiger partial charge in [-0.1, -0.05) is 25.0 Å². The molecule has 1 aromatic carbocycles. The lowest BCUT2D eigenvalue weighted by molar-refractivity contribution is -0.147. The monoisotopic (exact) mass is 410 g/mol. The molecule has 0 unspecified atom stereocenters. The summed E-state index contributed by atoms with van der Waals surface area (Å²) in [5.41, 5.74) is 2.81. The topological polar surface area (TPSA) is 93.5 Å². The van der Waals surface area contributed by atoms with Crippen LogP contribution in [0.3, 0.4) is 0 Å². The van der Waals surface area contributed by atoms with Gasteiger partial charge in [-0.25, -0.2) is 0 Å². The number of rotatable bonds is 4. The zero-order chi connectivity index (χ0) is 21.5. The molecule has 2 amide bonds. The van der Waals surface area contributed by atoms with Crippen LogP contribution in [-0.2, 0) is 32.6 Å². The first kappa shape index (κ1) is 20.1. The van der Waals surface area contributed by atoms with Crippen molar-refractivity contribution in [1.29, 1.82) is 0 Å². The fourth-order valence-corrected chi connectivity index (χ4v) is 4.60. The van der Waals surface area contributed by atoms with Gasteiger partial charge < -0.3 is 10.1 Å². The van der Waals surface area contributed by atoms with Crippen LogP contribution < -0.4 is 10.2 Å². The SMILES string of the molecule is Cc1nn(C)c(C)c1CC(=O)OCC(=O)N1c2ccccc2NC(=O)C12CCCC2. The number of benzene rings is 1. The molecule has 1 fully saturated rings. The minimum absolute atomic E-state index is 0.0566. The maximum atomic E-state index is 13.2. The van der Waals surface area contributed by atoms with Crippen molar-refractivity contribution in [2.24, 2.45) is 7.05 Å². The third-order valence-corrected chi connectivity index (χ3v) is 6.26. The Balaban J connectivity index is 1.52. The number of hydrogen-bond acceptors (Lipinski definition) is 5. The molecule has 0 radical (unpaired) electrons. The van der Waals surface area contributed by atoms with Gasteiger partial charge in [0.2, 0.25) is 0 Å². The van der Waals surface area contributed by atoms with Gasteiger partial charge in [-0.05, 0) is 38.8 Å². The number of esters is 1. The van der Waals surface area contributed by atoms with E-state index >= 15 is 0 Å². The number of aromatic nitrogens is 2. The van der Waals surface area contributed by atoms with Gasteiger partial charge in [-0.15, -0.1) is 0 Å². The molecule has 158 valence electrons. The van der Waals surface area contributed by atoms with E-state index in [1.165, 1.54) is 0 Å². The minimum atomic E-state index is -0.908. The summed E-state index contributed by atoms with van der Waals surface area (Å²) in [7, 11) is 1.82. The summed E-state index contributed by atoms with van der Waals surface area (Å²) in [6.45, 7) is 3.33. The van der Waals surface area contributed by atoms with Crippen LogP contribution in [0.1, 0.15) is 42.6 Å². The Labute approximate surface area is 175 Å². The summed E-state index contributed by atoms with van der Waals surface area (Å²) in [6.07, 6.45) is 3.00. The molecule has 1 saturated carbocycles. The van der Waals surface area contributed by atoms with Crippen LogP contribution in [0.5, 0.6) is 0 Å². The molecule has 0 atom stereocenters. The fraction of sp³-hybridized carbons (Fsp3) is 0.455. The maximum Gasteiger partial charge on any atom is 0.310 e. The molecular weight excluding hydrogens is 384 g/mol. The second-order valence-corrected chi connectivity index (χ2v) is 8.05. The molecule has 1 spiro atoms. The van der Waals surface area contributed by atoms with Crippen molar-refractivity contribution in [2.45, 2.75) is 51.5 Å². The summed E-state index contributed by atoms with van der Waals surface area (Å²) < 4.78 is 7.05. The van der Waals surface area contributed by atoms with E-state index in [0.29, 0.717) is 24.2 Å². The highest BCUT2D eigenvalue weighted by Gasteiger charge is 2.52. The quantitative estimate of drug-likeness (QED) is 0.782. The zero-order valence-corrected chi connectivity index (χ0v) is 17.5. The standard InChI is InChI=1S/C22H26N4O4/c1-14-16(15(2)25(3)24-14)12-20(28)30-13-19(27)26-18-9-5-4-8-17(18)23-21(29)22(26)10-6-7-11-22/h4-5,8-9H,6-7,10-13H2,1-3H3,(H,23,29). The van der Waals surface area contributed by atoms with Gasteiger partial charge in [0.05, 0.1) is 23.5 Å². The first-order chi connectivity index (χ1) is 14.3. The molecule has 2 aromatic rings. The molecule has 8 heteroatoms. The van der Waals surface area contributed by atoms with Gasteiger partial charge in [0.25, 0.3) is 11.8 Å². The van der Waals surface area contributed by atoms with Crippen LogP contribution in [0, 0.1) is 13.8 Å². The number of hydrogen-bond donors (Lipinski definition) is 1. The molecule has 1 aromatic heterocycles. The van der Waals surface area contributed by atoms with Crippen molar-refractivity contribution in [3.05, 3.63) is 41.2 Å². The summed E-state index contributed by atoms with van der Waals surface area (Å²) in [6, 6.07) is 7.23. The fourth-order valence-electron chi connectivity index (χ4n) is 4.60. The van der Waals surface area contributed by atoms with Crippen LogP contribution in [-0.4, -0.2) is 39.7 Å². The highest BCUT2D eigenvalue weighted by Crippen LogP contribution is 2.45. The smallest absolute Gasteiger partial charge is 0.310 e. The predicted octanol–water partition coefficient (Wildman–Crippen LogP) is 2.42. The number of carbonyl (C=O) groups excluding carboxylic acids is 3. The Bertz CT molecular complexity index is 1020. The first-order valence-electron chi connectivity index (χ1n) is 10.2. The molecule has 8 nitrogen and oxygen atoms in total. The van der Waals surface area contributed by atoms with E-state index < -0.39 is 18.1 Å². The number of nitrogens with zero attached hydrogens (tertiary/aromatic N) is 3. The molecular formula is C22H26N4O4. The van der Waals surface area contributed by atoms with Crippen molar-refractivity contribution < 1.29 is 19.1 Å². The van der Waals surface area contributed by atoms with Crippen molar-refractivity contribution in [3.8, 4) is 0 Å². The number of ether oxygens (including phenoxy) is 1. The van der Waals surface area contributed by atoms with E-state index in [-0.39, 0.29) is 18.2 Å². The molecule has 30 heavy (non-hydrogen) atoms. The van der Waals surface area contributed by atoms with Gasteiger partial charge in [-0.2, -0.15) is 5.10 Å². The third kappa shape index (κ3) is 3.26. The molecule has 1 N–H and O–H groups in total. The van der Waals surface area contributed by atoms with Gasteiger partial charge in [0.15, 0.2) is 6.61 Å². The average molecular weight is 410 g/mol. The number of anilines is 2. The lowest BCUT2D eigenvalue weighted by Gasteiger charge is -2.44. The highest BCUT2D eigenvalue weighted by molar-refractivity contribution is 6.15. The summed E-state index contributed by atoms with van der Waals surface area (Å²) in [5.74, 6) is -1.04. The number of carbonyl (C=O) groups is 3. The van der Waals surface area contributed by atoms with Gasteiger partial charge in [-0.3, -0.25) is 24.0 Å². The van der Waals surface area contributed by atoms with Crippen LogP contribution in [0.4, 0.5) is 11.4 Å². The van der Waals surface area contributed by atoms with Gasteiger partial charge >= 0.3 is 5.97 Å². The lowest BCUT2D eigenvalue weighted by Crippen LogP contribution is -2.61. The maximum absolute atomic E-state index is 13.2. The minimum Gasteiger partial charge on any atom is -0.455 e. The lowest BCUT2D eigenvalue weighted by atomic mass is 9.90. The Hall–Kier alpha value is -3.16. The zero-order valence-electron chi connectivity index (χ0n) is 17.5. The third-order valence-electron chi connectivity index (χ3n) is 6.26. The summed E-state index contributed by atoms with van der Waals surface area (Å²) in [4.78, 5) is 40.1. The Kier molecular flexibility index (Phi) is 5.09. The first-order valence-corrected chi connectivity index (χ1v) is 10.2. The van der Waals surface area contributed by atoms with E-state index in [0.717, 1.165) is 29.8 Å². The van der Waals surface area contributed by atoms with Crippen LogP contribution in [0.25, 0.3) is 0 Å². The molecule has 0 bridgehead atoms. The van der Waals surface area contributed by atoms with Gasteiger partial charge in [0.1, 0.15) is 5.54 Å². The molecule has 0 saturated heterocycles. The second-order valence-electron chi connectivity index (χ2n) is 8.05. The number of fused-ring (bicyclic) bond motifs is 1. The van der Waals surface area contributed by atoms with Crippen LogP contribution in [0.2, 0.25) is 0 Å². The van der Waals surface area contributed by atoms with Crippen molar-refractivity contribution in [2.75, 3.05) is 16.8 Å². The normalized spacial score (nSPS) is 17.0. The Morgan fingerprint density at radius 1 is 1.20 bits per heavy atom. The van der Waals surface area contributed by atoms with E-state index in [1.54, 1.807) is 15.6 Å². The second kappa shape index (κ2) is 7.59. The number of para-hydroxylation sites is 2. The Morgan fingerprint density at radius 2 is 1.90 bits per heavy atom. The van der Waals surface area contributed by atoms with Gasteiger partial charge in [0, 0.05) is 18.3 Å². The van der Waals surface area contributed by atoms with Crippen LogP contribution in [0.15, 0.2) is 24.3 Å². The number of amides is 2. The summed E-state index contributed by atoms with van der Waals surface area (Å²) >= 11 is 0. The molecule has 1 aliphatic heterocycles. The van der Waals surface area contributed by atoms with E-state index in [1.807, 2.05) is 39.1 Å².